The van der Waals surface area contributed by atoms with Crippen molar-refractivity contribution in [2.24, 2.45) is 5.92 Å². The third-order valence-electron chi connectivity index (χ3n) is 1.54. The van der Waals surface area contributed by atoms with Gasteiger partial charge >= 0.3 is 0 Å². The third kappa shape index (κ3) is 0.702. The second-order valence-electron chi connectivity index (χ2n) is 2.21. The molecule has 0 spiro atoms. The van der Waals surface area contributed by atoms with E-state index in [0.717, 1.165) is 0 Å². The van der Waals surface area contributed by atoms with Crippen LogP contribution in [0.5, 0.6) is 0 Å². The van der Waals surface area contributed by atoms with Gasteiger partial charge in [-0.1, -0.05) is 11.6 Å². The van der Waals surface area contributed by atoms with E-state index in [4.69, 9.17) is 16.9 Å². The molecule has 0 heterocycles. The monoisotopic (exact) mass is 169 g/mol. The van der Waals surface area contributed by atoms with Gasteiger partial charge in [-0.05, 0) is 0 Å². The predicted molar refractivity (Wildman–Crippen MR) is 28.4 cm³/mol. The lowest BCUT2D eigenvalue weighted by Gasteiger charge is -2.41. The van der Waals surface area contributed by atoms with Crippen LogP contribution in [0.1, 0.15) is 6.42 Å². The predicted octanol–water partition coefficient (Wildman–Crippen LogP) is 2.07. The summed E-state index contributed by atoms with van der Waals surface area (Å²) >= 11 is 4.72. The van der Waals surface area contributed by atoms with Gasteiger partial charge in [-0.3, -0.25) is 0 Å². The van der Waals surface area contributed by atoms with E-state index in [1.807, 2.05) is 0 Å². The summed E-state index contributed by atoms with van der Waals surface area (Å²) < 4.78 is 36.6. The first-order valence-electron chi connectivity index (χ1n) is 2.57. The molecule has 1 rings (SSSR count). The molecule has 0 bridgehead atoms. The third-order valence-corrected chi connectivity index (χ3v) is 2.08. The van der Waals surface area contributed by atoms with Crippen molar-refractivity contribution in [1.82, 2.24) is 0 Å². The lowest BCUT2D eigenvalue weighted by Crippen LogP contribution is -2.57. The maximum Gasteiger partial charge on any atom is 0.298 e. The highest BCUT2D eigenvalue weighted by molar-refractivity contribution is 6.24. The van der Waals surface area contributed by atoms with E-state index in [0.29, 0.717) is 0 Å². The molecular formula is C5H3ClF3N. The number of alkyl halides is 4. The van der Waals surface area contributed by atoms with Crippen LogP contribution in [0, 0.1) is 17.2 Å². The topological polar surface area (TPSA) is 23.8 Å². The van der Waals surface area contributed by atoms with Crippen LogP contribution < -0.4 is 0 Å². The fourth-order valence-corrected chi connectivity index (χ4v) is 0.974. The molecule has 0 saturated heterocycles. The van der Waals surface area contributed by atoms with Gasteiger partial charge in [-0.25, -0.2) is 13.2 Å². The lowest BCUT2D eigenvalue weighted by molar-refractivity contribution is -0.191. The fourth-order valence-electron chi connectivity index (χ4n) is 0.771. The zero-order valence-electron chi connectivity index (χ0n) is 4.74. The number of halogens is 4. The molecule has 0 aromatic carbocycles. The summed E-state index contributed by atoms with van der Waals surface area (Å²) in [5.74, 6) is -4.90. The molecular weight excluding hydrogens is 167 g/mol. The lowest BCUT2D eigenvalue weighted by atomic mass is 9.79. The van der Waals surface area contributed by atoms with E-state index in [-0.39, 0.29) is 0 Å². The molecule has 0 aromatic rings. The van der Waals surface area contributed by atoms with E-state index in [1.165, 1.54) is 6.07 Å². The van der Waals surface area contributed by atoms with Crippen molar-refractivity contribution in [1.29, 1.82) is 5.26 Å². The maximum atomic E-state index is 12.4. The van der Waals surface area contributed by atoms with Gasteiger partial charge in [0.25, 0.3) is 11.1 Å². The largest absolute Gasteiger partial charge is 0.298 e. The van der Waals surface area contributed by atoms with Gasteiger partial charge in [-0.15, -0.1) is 0 Å². The molecule has 0 unspecified atom stereocenters. The molecule has 10 heavy (non-hydrogen) atoms. The van der Waals surface area contributed by atoms with Crippen molar-refractivity contribution in [3.8, 4) is 6.07 Å². The number of hydrogen-bond acceptors (Lipinski definition) is 1. The van der Waals surface area contributed by atoms with Crippen molar-refractivity contribution in [2.45, 2.75) is 17.5 Å². The number of nitriles is 1. The summed E-state index contributed by atoms with van der Waals surface area (Å²) in [6, 6.07) is 1.36. The SMILES string of the molecule is N#C[C@@H]1CC(F)(F)[C@@]1(F)Cl. The summed E-state index contributed by atoms with van der Waals surface area (Å²) in [6.07, 6.45) is -0.774. The molecule has 1 aliphatic carbocycles. The first-order chi connectivity index (χ1) is 4.42. The molecule has 1 aliphatic rings. The Morgan fingerprint density at radius 1 is 1.50 bits per heavy atom. The average Bonchev–Trinajstić information content (AvgIpc) is 1.83. The molecule has 2 atom stereocenters. The molecule has 1 nitrogen and oxygen atoms in total. The van der Waals surface area contributed by atoms with Gasteiger partial charge in [0.2, 0.25) is 0 Å². The molecule has 0 amide bonds. The van der Waals surface area contributed by atoms with E-state index < -0.39 is 23.4 Å². The van der Waals surface area contributed by atoms with Crippen LogP contribution in [0.25, 0.3) is 0 Å². The first kappa shape index (κ1) is 7.67. The standard InChI is InChI=1S/C5H3ClF3N/c6-5(9)3(2-10)1-4(5,7)8/h3H,1H2/t3-,5+/m0/s1. The van der Waals surface area contributed by atoms with E-state index in [9.17, 15) is 13.2 Å². The summed E-state index contributed by atoms with van der Waals surface area (Å²) in [5, 5.41) is 4.91. The van der Waals surface area contributed by atoms with Crippen molar-refractivity contribution in [3.05, 3.63) is 0 Å². The Hall–Kier alpha value is -0.430. The highest BCUT2D eigenvalue weighted by atomic mass is 35.5. The minimum atomic E-state index is -3.53. The van der Waals surface area contributed by atoms with Crippen molar-refractivity contribution in [2.75, 3.05) is 0 Å². The van der Waals surface area contributed by atoms with E-state index in [1.54, 1.807) is 0 Å². The fraction of sp³-hybridized carbons (Fsp3) is 0.800. The Morgan fingerprint density at radius 3 is 2.10 bits per heavy atom. The van der Waals surface area contributed by atoms with Gasteiger partial charge in [0.05, 0.1) is 6.07 Å². The Bertz CT molecular complexity index is 196. The quantitative estimate of drug-likeness (QED) is 0.510. The summed E-state index contributed by atoms with van der Waals surface area (Å²) in [4.78, 5) is 0. The second-order valence-corrected chi connectivity index (χ2v) is 2.76. The molecule has 1 fully saturated rings. The molecule has 0 aliphatic heterocycles. The van der Waals surface area contributed by atoms with Crippen molar-refractivity contribution < 1.29 is 13.2 Å². The minimum absolute atomic E-state index is 0.774. The van der Waals surface area contributed by atoms with Gasteiger partial charge in [-0.2, -0.15) is 5.26 Å². The van der Waals surface area contributed by atoms with Gasteiger partial charge in [0.15, 0.2) is 0 Å². The van der Waals surface area contributed by atoms with E-state index >= 15 is 0 Å². The Labute approximate surface area is 60.4 Å². The molecule has 1 saturated carbocycles. The number of nitrogens with zero attached hydrogens (tertiary/aromatic N) is 1. The molecule has 5 heteroatoms. The Balaban J connectivity index is 2.77. The second kappa shape index (κ2) is 1.79. The van der Waals surface area contributed by atoms with Crippen LogP contribution in [0.15, 0.2) is 0 Å². The molecule has 56 valence electrons. The van der Waals surface area contributed by atoms with E-state index in [2.05, 4.69) is 0 Å². The maximum absolute atomic E-state index is 12.4. The van der Waals surface area contributed by atoms with Crippen LogP contribution in [0.2, 0.25) is 0 Å². The Kier molecular flexibility index (Phi) is 1.37. The van der Waals surface area contributed by atoms with Gasteiger partial charge in [0, 0.05) is 6.42 Å². The normalized spacial score (nSPS) is 43.7. The van der Waals surface area contributed by atoms with Crippen molar-refractivity contribution >= 4 is 11.6 Å². The number of hydrogen-bond donors (Lipinski definition) is 0. The summed E-state index contributed by atoms with van der Waals surface area (Å²) in [7, 11) is 0. The average molecular weight is 170 g/mol. The smallest absolute Gasteiger partial charge is 0.218 e. The van der Waals surface area contributed by atoms with Crippen LogP contribution in [-0.2, 0) is 0 Å². The Morgan fingerprint density at radius 2 is 2.00 bits per heavy atom. The number of rotatable bonds is 0. The highest BCUT2D eigenvalue weighted by Crippen LogP contribution is 2.56. The van der Waals surface area contributed by atoms with Crippen LogP contribution in [-0.4, -0.2) is 11.1 Å². The van der Waals surface area contributed by atoms with Crippen LogP contribution in [0.3, 0.4) is 0 Å². The summed E-state index contributed by atoms with van der Waals surface area (Å²) in [6.45, 7) is 0. The highest BCUT2D eigenvalue weighted by Gasteiger charge is 2.69. The minimum Gasteiger partial charge on any atom is -0.218 e. The zero-order chi connectivity index (χ0) is 7.99. The first-order valence-corrected chi connectivity index (χ1v) is 2.95. The molecule has 0 N–H and O–H groups in total. The van der Waals surface area contributed by atoms with Gasteiger partial charge < -0.3 is 0 Å². The molecule has 0 aromatic heterocycles. The summed E-state index contributed by atoms with van der Waals surface area (Å²) in [5.41, 5.74) is 0. The molecule has 0 radical (unpaired) electrons. The van der Waals surface area contributed by atoms with Gasteiger partial charge in [0.1, 0.15) is 5.92 Å². The zero-order valence-corrected chi connectivity index (χ0v) is 5.50. The van der Waals surface area contributed by atoms with Crippen LogP contribution in [0.4, 0.5) is 13.2 Å². The van der Waals surface area contributed by atoms with Crippen molar-refractivity contribution in [3.63, 3.8) is 0 Å². The van der Waals surface area contributed by atoms with Crippen LogP contribution >= 0.6 is 11.6 Å².